The van der Waals surface area contributed by atoms with Gasteiger partial charge in [-0.15, -0.1) is 0 Å². The Morgan fingerprint density at radius 2 is 1.82 bits per heavy atom. The highest BCUT2D eigenvalue weighted by Gasteiger charge is 2.12. The zero-order chi connectivity index (χ0) is 16.1. The number of hydrogen-bond donors (Lipinski definition) is 1. The first-order valence-electron chi connectivity index (χ1n) is 6.91. The number of nitrogens with one attached hydrogen (secondary N) is 1. The molecule has 1 N–H and O–H groups in total. The normalized spacial score (nSPS) is 11.2. The summed E-state index contributed by atoms with van der Waals surface area (Å²) < 4.78 is 0. The van der Waals surface area contributed by atoms with E-state index in [9.17, 15) is 4.79 Å². The molecule has 114 valence electrons. The Morgan fingerprint density at radius 3 is 2.41 bits per heavy atom. The Morgan fingerprint density at radius 1 is 1.14 bits per heavy atom. The molecule has 0 saturated heterocycles. The van der Waals surface area contributed by atoms with Gasteiger partial charge in [0.25, 0.3) is 0 Å². The summed E-state index contributed by atoms with van der Waals surface area (Å²) in [5.41, 5.74) is 3.19. The number of hydrogen-bond acceptors (Lipinski definition) is 3. The maximum Gasteiger partial charge on any atom is 0.244 e. The molecule has 0 bridgehead atoms. The molecule has 2 aromatic carbocycles. The molecule has 0 aliphatic rings. The SMILES string of the molecule is CNc1ccc(Cl)cc1/C(C)=N/N(C(C)=O)c1ccccc1. The van der Waals surface area contributed by atoms with E-state index in [1.807, 2.05) is 62.5 Å². The number of carbonyl (C=O) groups is 1. The number of rotatable bonds is 4. The molecule has 0 heterocycles. The van der Waals surface area contributed by atoms with Crippen molar-refractivity contribution in [2.24, 2.45) is 5.10 Å². The summed E-state index contributed by atoms with van der Waals surface area (Å²) in [7, 11) is 1.83. The van der Waals surface area contributed by atoms with Gasteiger partial charge < -0.3 is 5.32 Å². The van der Waals surface area contributed by atoms with Gasteiger partial charge in [0.2, 0.25) is 5.91 Å². The highest BCUT2D eigenvalue weighted by Crippen LogP contribution is 2.22. The van der Waals surface area contributed by atoms with Crippen molar-refractivity contribution in [1.29, 1.82) is 0 Å². The van der Waals surface area contributed by atoms with Gasteiger partial charge in [-0.05, 0) is 37.3 Å². The van der Waals surface area contributed by atoms with Crippen molar-refractivity contribution in [3.63, 3.8) is 0 Å². The van der Waals surface area contributed by atoms with E-state index in [1.165, 1.54) is 11.9 Å². The van der Waals surface area contributed by atoms with Crippen molar-refractivity contribution >= 4 is 34.6 Å². The fraction of sp³-hybridized carbons (Fsp3) is 0.176. The third-order valence-corrected chi connectivity index (χ3v) is 3.42. The molecule has 0 atom stereocenters. The molecule has 0 saturated carbocycles. The maximum absolute atomic E-state index is 11.9. The number of benzene rings is 2. The van der Waals surface area contributed by atoms with E-state index < -0.39 is 0 Å². The second-order valence-electron chi connectivity index (χ2n) is 4.79. The lowest BCUT2D eigenvalue weighted by molar-refractivity contribution is -0.116. The van der Waals surface area contributed by atoms with E-state index in [0.717, 1.165) is 16.9 Å². The van der Waals surface area contributed by atoms with E-state index in [-0.39, 0.29) is 5.91 Å². The van der Waals surface area contributed by atoms with Gasteiger partial charge in [0.15, 0.2) is 0 Å². The van der Waals surface area contributed by atoms with E-state index in [1.54, 1.807) is 0 Å². The van der Waals surface area contributed by atoms with Crippen molar-refractivity contribution in [2.45, 2.75) is 13.8 Å². The van der Waals surface area contributed by atoms with Gasteiger partial charge in [0, 0.05) is 30.2 Å². The first-order valence-corrected chi connectivity index (χ1v) is 7.29. The number of anilines is 2. The Labute approximate surface area is 135 Å². The van der Waals surface area contributed by atoms with Gasteiger partial charge >= 0.3 is 0 Å². The van der Waals surface area contributed by atoms with Crippen LogP contribution in [0.1, 0.15) is 19.4 Å². The Bertz CT molecular complexity index is 698. The molecule has 0 aliphatic carbocycles. The molecule has 0 radical (unpaired) electrons. The molecule has 5 heteroatoms. The highest BCUT2D eigenvalue weighted by atomic mass is 35.5. The predicted octanol–water partition coefficient (Wildman–Crippen LogP) is 4.16. The molecule has 0 fully saturated rings. The quantitative estimate of drug-likeness (QED) is 0.680. The van der Waals surface area contributed by atoms with Crippen molar-refractivity contribution in [3.8, 4) is 0 Å². The second kappa shape index (κ2) is 7.09. The monoisotopic (exact) mass is 315 g/mol. The predicted molar refractivity (Wildman–Crippen MR) is 92.8 cm³/mol. The minimum absolute atomic E-state index is 0.154. The summed E-state index contributed by atoms with van der Waals surface area (Å²) in [5.74, 6) is -0.154. The van der Waals surface area contributed by atoms with Crippen LogP contribution in [-0.4, -0.2) is 18.7 Å². The van der Waals surface area contributed by atoms with Crippen LogP contribution in [0.15, 0.2) is 53.6 Å². The number of halogens is 1. The molecule has 0 spiro atoms. The molecule has 0 aromatic heterocycles. The minimum Gasteiger partial charge on any atom is -0.388 e. The lowest BCUT2D eigenvalue weighted by Crippen LogP contribution is -2.24. The summed E-state index contributed by atoms with van der Waals surface area (Å²) in [6, 6.07) is 14.8. The molecule has 22 heavy (non-hydrogen) atoms. The summed E-state index contributed by atoms with van der Waals surface area (Å²) in [4.78, 5) is 11.9. The summed E-state index contributed by atoms with van der Waals surface area (Å²) in [6.45, 7) is 3.34. The molecule has 2 rings (SSSR count). The number of carbonyl (C=O) groups excluding carboxylic acids is 1. The number of para-hydroxylation sites is 1. The van der Waals surface area contributed by atoms with Gasteiger partial charge in [-0.1, -0.05) is 29.8 Å². The van der Waals surface area contributed by atoms with Crippen LogP contribution in [0.2, 0.25) is 5.02 Å². The van der Waals surface area contributed by atoms with Gasteiger partial charge in [-0.2, -0.15) is 5.10 Å². The van der Waals surface area contributed by atoms with E-state index in [2.05, 4.69) is 10.4 Å². The van der Waals surface area contributed by atoms with Gasteiger partial charge in [-0.25, -0.2) is 5.01 Å². The van der Waals surface area contributed by atoms with Gasteiger partial charge in [0.1, 0.15) is 0 Å². The fourth-order valence-electron chi connectivity index (χ4n) is 2.12. The lowest BCUT2D eigenvalue weighted by Gasteiger charge is -2.17. The molecular weight excluding hydrogens is 298 g/mol. The summed E-state index contributed by atoms with van der Waals surface area (Å²) >= 11 is 6.07. The van der Waals surface area contributed by atoms with Crippen LogP contribution < -0.4 is 10.3 Å². The van der Waals surface area contributed by atoms with Crippen LogP contribution >= 0.6 is 11.6 Å². The molecular formula is C17H18ClN3O. The Kier molecular flexibility index (Phi) is 5.17. The summed E-state index contributed by atoms with van der Waals surface area (Å²) in [6.07, 6.45) is 0. The molecule has 1 amide bonds. The smallest absolute Gasteiger partial charge is 0.244 e. The van der Waals surface area contributed by atoms with Crippen molar-refractivity contribution in [3.05, 3.63) is 59.1 Å². The highest BCUT2D eigenvalue weighted by molar-refractivity contribution is 6.31. The third-order valence-electron chi connectivity index (χ3n) is 3.19. The van der Waals surface area contributed by atoms with Crippen LogP contribution in [0.5, 0.6) is 0 Å². The van der Waals surface area contributed by atoms with Crippen LogP contribution in [0, 0.1) is 0 Å². The van der Waals surface area contributed by atoms with Crippen molar-refractivity contribution in [2.75, 3.05) is 17.4 Å². The molecule has 0 unspecified atom stereocenters. The third kappa shape index (κ3) is 3.65. The lowest BCUT2D eigenvalue weighted by atomic mass is 10.1. The van der Waals surface area contributed by atoms with Gasteiger partial charge in [-0.3, -0.25) is 4.79 Å². The zero-order valence-electron chi connectivity index (χ0n) is 12.8. The van der Waals surface area contributed by atoms with Gasteiger partial charge in [0.05, 0.1) is 11.4 Å². The van der Waals surface area contributed by atoms with E-state index in [4.69, 9.17) is 11.6 Å². The van der Waals surface area contributed by atoms with Crippen LogP contribution in [-0.2, 0) is 4.79 Å². The van der Waals surface area contributed by atoms with Crippen LogP contribution in [0.3, 0.4) is 0 Å². The molecule has 0 aliphatic heterocycles. The number of hydrazone groups is 1. The van der Waals surface area contributed by atoms with E-state index in [0.29, 0.717) is 10.7 Å². The Balaban J connectivity index is 2.45. The van der Waals surface area contributed by atoms with E-state index >= 15 is 0 Å². The number of nitrogens with zero attached hydrogens (tertiary/aromatic N) is 2. The first-order chi connectivity index (χ1) is 10.5. The van der Waals surface area contributed by atoms with Crippen molar-refractivity contribution in [1.82, 2.24) is 0 Å². The second-order valence-corrected chi connectivity index (χ2v) is 5.23. The fourth-order valence-corrected chi connectivity index (χ4v) is 2.29. The average Bonchev–Trinajstić information content (AvgIpc) is 2.52. The zero-order valence-corrected chi connectivity index (χ0v) is 13.6. The topological polar surface area (TPSA) is 44.7 Å². The minimum atomic E-state index is -0.154. The largest absolute Gasteiger partial charge is 0.388 e. The molecule has 4 nitrogen and oxygen atoms in total. The number of amides is 1. The Hall–Kier alpha value is -2.33. The standard InChI is InChI=1S/C17H18ClN3O/c1-12(16-11-14(18)9-10-17(16)19-3)20-21(13(2)22)15-7-5-4-6-8-15/h4-11,19H,1-3H3/b20-12+. The average molecular weight is 316 g/mol. The molecule has 2 aromatic rings. The maximum atomic E-state index is 11.9. The van der Waals surface area contributed by atoms with Crippen LogP contribution in [0.25, 0.3) is 0 Å². The van der Waals surface area contributed by atoms with Crippen LogP contribution in [0.4, 0.5) is 11.4 Å². The summed E-state index contributed by atoms with van der Waals surface area (Å²) in [5, 5.41) is 9.58. The first kappa shape index (κ1) is 16.0. The van der Waals surface area contributed by atoms with Crippen molar-refractivity contribution < 1.29 is 4.79 Å².